The second-order valence-electron chi connectivity index (χ2n) is 4.01. The first-order valence-corrected chi connectivity index (χ1v) is 15.3. The summed E-state index contributed by atoms with van der Waals surface area (Å²) in [5, 5.41) is 0. The number of allylic oxidation sites excluding steroid dienone is 2. The van der Waals surface area contributed by atoms with Gasteiger partial charge >= 0.3 is 5.78 Å². The highest BCUT2D eigenvalue weighted by Gasteiger charge is 2.26. The van der Waals surface area contributed by atoms with Gasteiger partial charge < -0.3 is 42.2 Å². The first-order valence-electron chi connectivity index (χ1n) is 5.72. The van der Waals surface area contributed by atoms with Crippen LogP contribution < -0.4 is 0 Å². The summed E-state index contributed by atoms with van der Waals surface area (Å²) >= 11 is 9.73. The zero-order valence-electron chi connectivity index (χ0n) is 10.4. The Morgan fingerprint density at radius 1 is 1.22 bits per heavy atom. The van der Waals surface area contributed by atoms with Gasteiger partial charge in [-0.25, -0.2) is 0 Å². The summed E-state index contributed by atoms with van der Waals surface area (Å²) in [7, 11) is -0.701. The molecule has 97 valence electrons. The minimum atomic E-state index is -0.701. The Morgan fingerprint density at radius 2 is 1.78 bits per heavy atom. The van der Waals surface area contributed by atoms with E-state index in [0.717, 1.165) is 24.0 Å². The largest absolute Gasteiger partial charge is 0.413 e. The van der Waals surface area contributed by atoms with Crippen molar-refractivity contribution in [2.75, 3.05) is 0 Å². The molecule has 0 unspecified atom stereocenters. The molecular weight excluding hydrogens is 439 g/mol. The summed E-state index contributed by atoms with van der Waals surface area (Å²) in [5.41, 5.74) is 4.65. The van der Waals surface area contributed by atoms with Crippen molar-refractivity contribution < 1.29 is 4.79 Å². The molecule has 1 aromatic carbocycles. The van der Waals surface area contributed by atoms with E-state index >= 15 is 0 Å². The fraction of sp³-hybridized carbons (Fsp3) is 0.308. The molecule has 0 aliphatic heterocycles. The first-order chi connectivity index (χ1) is 8.47. The van der Waals surface area contributed by atoms with Gasteiger partial charge in [0.2, 0.25) is 8.67 Å². The second-order valence-corrected chi connectivity index (χ2v) is 23.8. The minimum Gasteiger partial charge on any atom is -0.413 e. The molecule has 2 rings (SSSR count). The molecule has 0 saturated carbocycles. The fourth-order valence-electron chi connectivity index (χ4n) is 2.03. The molecule has 5 heteroatoms. The van der Waals surface area contributed by atoms with Crippen molar-refractivity contribution in [3.05, 3.63) is 46.5 Å². The maximum Gasteiger partial charge on any atom is 0.350 e. The van der Waals surface area contributed by atoms with E-state index in [1.165, 1.54) is 11.1 Å². The normalized spacial score (nSPS) is 14.2. The Bertz CT molecular complexity index is 466. The van der Waals surface area contributed by atoms with Gasteiger partial charge in [0.15, 0.2) is 0 Å². The van der Waals surface area contributed by atoms with Gasteiger partial charge in [0.1, 0.15) is 0 Å². The van der Waals surface area contributed by atoms with Crippen LogP contribution in [0.4, 0.5) is 0 Å². The topological polar surface area (TPSA) is 21.4 Å². The number of halogens is 3. The monoisotopic (exact) mass is 451 g/mol. The zero-order chi connectivity index (χ0) is 13.7. The summed E-state index contributed by atoms with van der Waals surface area (Å²) in [6.07, 6.45) is 2.01. The van der Waals surface area contributed by atoms with Crippen LogP contribution >= 0.6 is 42.2 Å². The van der Waals surface area contributed by atoms with Crippen molar-refractivity contribution in [2.45, 2.75) is 26.7 Å². The predicted molar refractivity (Wildman–Crippen MR) is 91.7 cm³/mol. The Labute approximate surface area is 133 Å². The Morgan fingerprint density at radius 3 is 2.33 bits per heavy atom. The van der Waals surface area contributed by atoms with E-state index in [4.69, 9.17) is 0 Å². The number of fused-ring (bicyclic) bond motifs is 1. The minimum absolute atomic E-state index is 0.462. The number of rotatable bonds is 1. The lowest BCUT2D eigenvalue weighted by Crippen LogP contribution is -2.15. The van der Waals surface area contributed by atoms with E-state index in [1.807, 2.05) is 25.1 Å². The maximum absolute atomic E-state index is 9.99. The Hall–Kier alpha value is 0.602. The van der Waals surface area contributed by atoms with Crippen LogP contribution in [-0.4, -0.2) is 19.2 Å². The van der Waals surface area contributed by atoms with Crippen molar-refractivity contribution in [3.63, 3.8) is 0 Å². The van der Waals surface area contributed by atoms with Crippen molar-refractivity contribution in [1.29, 1.82) is 0 Å². The van der Waals surface area contributed by atoms with Crippen LogP contribution in [-0.2, 0) is 6.42 Å². The Balaban J connectivity index is 0.000000357. The van der Waals surface area contributed by atoms with Gasteiger partial charge in [0.05, 0.1) is 11.1 Å². The first kappa shape index (κ1) is 16.7. The molecule has 1 aliphatic carbocycles. The third-order valence-electron chi connectivity index (χ3n) is 2.99. The maximum atomic E-state index is 9.99. The Kier molecular flexibility index (Phi) is 7.42. The third-order valence-corrected chi connectivity index (χ3v) is 2.99. The summed E-state index contributed by atoms with van der Waals surface area (Å²) < 4.78 is 0. The number of ketones is 1. The highest BCUT2D eigenvalue weighted by molar-refractivity contribution is 9.69. The number of hydrogen-bond acceptors (Lipinski definition) is 0. The van der Waals surface area contributed by atoms with Crippen LogP contribution in [0.5, 0.6) is 0 Å². The lowest BCUT2D eigenvalue weighted by molar-refractivity contribution is 0.672. The molecule has 0 atom stereocenters. The van der Waals surface area contributed by atoms with Gasteiger partial charge in [-0.3, -0.25) is 4.79 Å². The summed E-state index contributed by atoms with van der Waals surface area (Å²) in [6, 6.07) is 8.08. The predicted octanol–water partition coefficient (Wildman–Crippen LogP) is 5.02. The van der Waals surface area contributed by atoms with Crippen molar-refractivity contribution in [3.8, 4) is 0 Å². The average molecular weight is 454 g/mol. The molecule has 0 heterocycles. The molecular formula is C13H15AlBr3O. The molecule has 0 bridgehead atoms. The standard InChI is InChI=1S/C13H14O.Al.3BrH/c1-3-10-8-11-6-4-5-7-12(11)13(14)9(10)2;;;;/h4-7H,3,8H2,1-2H3;;3*1H/q;+2;;;/p-2. The van der Waals surface area contributed by atoms with E-state index in [-0.39, 0.29) is 0 Å². The molecule has 0 saturated heterocycles. The van der Waals surface area contributed by atoms with Gasteiger partial charge in [-0.1, -0.05) is 30.7 Å². The van der Waals surface area contributed by atoms with E-state index in [0.29, 0.717) is 5.78 Å². The molecule has 1 radical (unpaired) electrons. The third kappa shape index (κ3) is 4.61. The zero-order valence-corrected chi connectivity index (χ0v) is 16.3. The van der Waals surface area contributed by atoms with Gasteiger partial charge in [0.25, 0.3) is 0 Å². The lowest BCUT2D eigenvalue weighted by atomic mass is 9.85. The van der Waals surface area contributed by atoms with Crippen LogP contribution in [0.1, 0.15) is 31.4 Å². The van der Waals surface area contributed by atoms with Crippen LogP contribution in [0, 0.1) is 0 Å². The van der Waals surface area contributed by atoms with Crippen molar-refractivity contribution >= 4 is 56.6 Å². The smallest absolute Gasteiger partial charge is 0.350 e. The highest BCUT2D eigenvalue weighted by Crippen LogP contribution is 2.26. The number of hydrogen-bond donors (Lipinski definition) is 0. The molecule has 1 N–H and O–H groups in total. The molecule has 18 heavy (non-hydrogen) atoms. The number of carbonyl (C=O) groups excluding carboxylic acids is 1. The van der Waals surface area contributed by atoms with Crippen LogP contribution in [0.2, 0.25) is 0 Å². The van der Waals surface area contributed by atoms with E-state index in [9.17, 15) is 4.79 Å². The van der Waals surface area contributed by atoms with Gasteiger partial charge in [-0.2, -0.15) is 0 Å². The van der Waals surface area contributed by atoms with E-state index in [1.54, 1.807) is 0 Å². The molecule has 1 aliphatic rings. The van der Waals surface area contributed by atoms with E-state index < -0.39 is 8.67 Å². The van der Waals surface area contributed by atoms with Gasteiger partial charge in [0, 0.05) is 0 Å². The quantitative estimate of drug-likeness (QED) is 0.421. The van der Waals surface area contributed by atoms with Crippen LogP contribution in [0.3, 0.4) is 0 Å². The van der Waals surface area contributed by atoms with Gasteiger partial charge in [-0.05, 0) is 31.4 Å². The second kappa shape index (κ2) is 8.02. The SMILES string of the molecule is CCC1=C(C)C(=[OH+])c2ccccc2C1.[Br][Al-]([Br])[Br]. The highest BCUT2D eigenvalue weighted by atomic mass is 80.0. The van der Waals surface area contributed by atoms with Crippen molar-refractivity contribution in [2.24, 2.45) is 0 Å². The number of benzene rings is 1. The molecule has 0 fully saturated rings. The average Bonchev–Trinajstić information content (AvgIpc) is 2.33. The molecule has 0 amide bonds. The van der Waals surface area contributed by atoms with Crippen LogP contribution in [0.15, 0.2) is 35.4 Å². The molecule has 0 spiro atoms. The summed E-state index contributed by atoms with van der Waals surface area (Å²) in [5.74, 6) is 0.462. The lowest BCUT2D eigenvalue weighted by Gasteiger charge is -2.15. The van der Waals surface area contributed by atoms with Crippen LogP contribution in [0.25, 0.3) is 0 Å². The summed E-state index contributed by atoms with van der Waals surface area (Å²) in [6.45, 7) is 4.14. The van der Waals surface area contributed by atoms with Gasteiger partial charge in [-0.15, -0.1) is 0 Å². The fourth-order valence-corrected chi connectivity index (χ4v) is 2.03. The molecule has 1 aromatic rings. The molecule has 0 aromatic heterocycles. The summed E-state index contributed by atoms with van der Waals surface area (Å²) in [4.78, 5) is 9.99. The van der Waals surface area contributed by atoms with Crippen molar-refractivity contribution in [1.82, 2.24) is 0 Å². The van der Waals surface area contributed by atoms with E-state index in [2.05, 4.69) is 55.1 Å². The molecule has 1 nitrogen and oxygen atoms in total.